The van der Waals surface area contributed by atoms with Crippen molar-refractivity contribution >= 4 is 23.0 Å². The summed E-state index contributed by atoms with van der Waals surface area (Å²) in [6, 6.07) is 15.6. The van der Waals surface area contributed by atoms with Crippen molar-refractivity contribution in [1.82, 2.24) is 9.97 Å². The van der Waals surface area contributed by atoms with Gasteiger partial charge in [0.1, 0.15) is 0 Å². The topological polar surface area (TPSA) is 70.2 Å². The summed E-state index contributed by atoms with van der Waals surface area (Å²) in [5.41, 5.74) is 4.21. The van der Waals surface area contributed by atoms with Gasteiger partial charge in [0, 0.05) is 43.1 Å². The Morgan fingerprint density at radius 1 is 0.966 bits per heavy atom. The van der Waals surface area contributed by atoms with Crippen LogP contribution in [-0.4, -0.2) is 29.0 Å². The first-order valence-electron chi connectivity index (χ1n) is 10.0. The average Bonchev–Trinajstić information content (AvgIpc) is 2.80. The molecule has 3 heterocycles. The van der Waals surface area contributed by atoms with E-state index in [9.17, 15) is 4.79 Å². The Morgan fingerprint density at radius 3 is 2.55 bits per heavy atom. The predicted octanol–water partition coefficient (Wildman–Crippen LogP) is 4.33. The Balaban J connectivity index is 1.36. The number of amides is 1. The molecule has 0 radical (unpaired) electrons. The van der Waals surface area contributed by atoms with Crippen molar-refractivity contribution < 1.29 is 4.79 Å². The van der Waals surface area contributed by atoms with Crippen molar-refractivity contribution in [1.29, 1.82) is 0 Å². The Kier molecular flexibility index (Phi) is 6.00. The van der Waals surface area contributed by atoms with Crippen LogP contribution in [0.15, 0.2) is 67.1 Å². The second kappa shape index (κ2) is 9.19. The highest BCUT2D eigenvalue weighted by molar-refractivity contribution is 6.04. The van der Waals surface area contributed by atoms with E-state index in [-0.39, 0.29) is 5.91 Å². The molecule has 3 aromatic rings. The highest BCUT2D eigenvalue weighted by Gasteiger charge is 2.12. The zero-order valence-corrected chi connectivity index (χ0v) is 16.3. The second-order valence-corrected chi connectivity index (χ2v) is 7.19. The molecular weight excluding hydrogens is 362 g/mol. The van der Waals surface area contributed by atoms with Gasteiger partial charge in [-0.15, -0.1) is 0 Å². The first-order chi connectivity index (χ1) is 14.3. The fourth-order valence-corrected chi connectivity index (χ4v) is 3.47. The summed E-state index contributed by atoms with van der Waals surface area (Å²) in [4.78, 5) is 23.5. The number of pyridine rings is 2. The van der Waals surface area contributed by atoms with Gasteiger partial charge in [0.2, 0.25) is 0 Å². The number of carbonyl (C=O) groups excluding carboxylic acids is 1. The number of benzene rings is 1. The van der Waals surface area contributed by atoms with Crippen LogP contribution in [0, 0.1) is 0 Å². The highest BCUT2D eigenvalue weighted by atomic mass is 16.1. The molecule has 0 spiro atoms. The fourth-order valence-electron chi connectivity index (χ4n) is 3.47. The van der Waals surface area contributed by atoms with Crippen LogP contribution in [0.5, 0.6) is 0 Å². The van der Waals surface area contributed by atoms with Gasteiger partial charge in [0.25, 0.3) is 5.91 Å². The van der Waals surface area contributed by atoms with Crippen molar-refractivity contribution in [2.45, 2.75) is 25.8 Å². The molecule has 0 unspecified atom stereocenters. The van der Waals surface area contributed by atoms with Gasteiger partial charge in [0.15, 0.2) is 0 Å². The summed E-state index contributed by atoms with van der Waals surface area (Å²) in [5, 5.41) is 6.21. The molecular formula is C23H25N5O. The number of rotatable bonds is 6. The molecule has 1 saturated heterocycles. The first-order valence-corrected chi connectivity index (χ1v) is 10.0. The lowest BCUT2D eigenvalue weighted by Gasteiger charge is -2.28. The van der Waals surface area contributed by atoms with Crippen molar-refractivity contribution in [3.05, 3.63) is 78.4 Å². The van der Waals surface area contributed by atoms with Crippen LogP contribution in [0.1, 0.15) is 35.3 Å². The normalized spacial score (nSPS) is 13.7. The summed E-state index contributed by atoms with van der Waals surface area (Å²) in [6.07, 6.45) is 8.84. The van der Waals surface area contributed by atoms with Crippen LogP contribution in [0.25, 0.3) is 0 Å². The van der Waals surface area contributed by atoms with Gasteiger partial charge in [-0.3, -0.25) is 14.8 Å². The van der Waals surface area contributed by atoms with E-state index in [4.69, 9.17) is 0 Å². The second-order valence-electron chi connectivity index (χ2n) is 7.19. The van der Waals surface area contributed by atoms with Gasteiger partial charge >= 0.3 is 0 Å². The zero-order valence-electron chi connectivity index (χ0n) is 16.3. The van der Waals surface area contributed by atoms with E-state index in [0.717, 1.165) is 30.2 Å². The van der Waals surface area contributed by atoms with Gasteiger partial charge < -0.3 is 15.5 Å². The summed E-state index contributed by atoms with van der Waals surface area (Å²) in [6.45, 7) is 2.79. The Hall–Kier alpha value is -3.41. The third-order valence-corrected chi connectivity index (χ3v) is 5.05. The highest BCUT2D eigenvalue weighted by Crippen LogP contribution is 2.22. The van der Waals surface area contributed by atoms with Gasteiger partial charge in [-0.1, -0.05) is 6.07 Å². The minimum absolute atomic E-state index is 0.176. The monoisotopic (exact) mass is 387 g/mol. The van der Waals surface area contributed by atoms with E-state index >= 15 is 0 Å². The van der Waals surface area contributed by atoms with E-state index in [1.165, 1.54) is 24.9 Å². The minimum Gasteiger partial charge on any atom is -0.378 e. The molecule has 6 nitrogen and oxygen atoms in total. The van der Waals surface area contributed by atoms with Crippen molar-refractivity contribution in [2.24, 2.45) is 0 Å². The number of aromatic nitrogens is 2. The van der Waals surface area contributed by atoms with Crippen molar-refractivity contribution in [2.75, 3.05) is 28.6 Å². The lowest BCUT2D eigenvalue weighted by atomic mass is 10.1. The molecule has 6 heteroatoms. The molecule has 1 aromatic carbocycles. The number of anilines is 3. The van der Waals surface area contributed by atoms with Crippen LogP contribution >= 0.6 is 0 Å². The molecule has 4 rings (SSSR count). The number of carbonyl (C=O) groups is 1. The van der Waals surface area contributed by atoms with Crippen molar-refractivity contribution in [3.63, 3.8) is 0 Å². The van der Waals surface area contributed by atoms with Crippen LogP contribution in [0.3, 0.4) is 0 Å². The summed E-state index contributed by atoms with van der Waals surface area (Å²) >= 11 is 0. The lowest BCUT2D eigenvalue weighted by molar-refractivity contribution is 0.102. The van der Waals surface area contributed by atoms with Gasteiger partial charge in [-0.05, 0) is 61.7 Å². The van der Waals surface area contributed by atoms with Crippen LogP contribution < -0.4 is 15.5 Å². The minimum atomic E-state index is -0.176. The number of piperidine rings is 1. The van der Waals surface area contributed by atoms with E-state index in [1.807, 2.05) is 30.3 Å². The number of hydrogen-bond donors (Lipinski definition) is 2. The molecule has 1 amide bonds. The molecule has 148 valence electrons. The Bertz CT molecular complexity index is 937. The maximum absolute atomic E-state index is 12.6. The van der Waals surface area contributed by atoms with Gasteiger partial charge in [-0.2, -0.15) is 0 Å². The first kappa shape index (κ1) is 18.9. The van der Waals surface area contributed by atoms with E-state index in [2.05, 4.69) is 37.6 Å². The Labute approximate surface area is 171 Å². The quantitative estimate of drug-likeness (QED) is 0.659. The summed E-state index contributed by atoms with van der Waals surface area (Å²) in [5.74, 6) is -0.176. The van der Waals surface area contributed by atoms with Gasteiger partial charge in [0.05, 0.1) is 23.5 Å². The van der Waals surface area contributed by atoms with E-state index < -0.39 is 0 Å². The molecule has 1 aliphatic rings. The molecule has 29 heavy (non-hydrogen) atoms. The third kappa shape index (κ3) is 5.10. The fraction of sp³-hybridized carbons (Fsp3) is 0.261. The molecule has 2 aromatic heterocycles. The average molecular weight is 387 g/mol. The molecule has 0 aliphatic carbocycles. The van der Waals surface area contributed by atoms with Crippen molar-refractivity contribution in [3.8, 4) is 0 Å². The molecule has 2 N–H and O–H groups in total. The standard InChI is InChI=1S/C23H25N5O/c29-23(27-19-7-9-22(10-8-19)28-12-4-1-5-13-28)18-14-21(16-24-15-18)26-17-20-6-2-3-11-25-20/h2-3,6-11,14-16,26H,1,4-5,12-13,17H2,(H,27,29). The number of nitrogens with one attached hydrogen (secondary N) is 2. The number of hydrogen-bond acceptors (Lipinski definition) is 5. The van der Waals surface area contributed by atoms with Crippen LogP contribution in [0.2, 0.25) is 0 Å². The summed E-state index contributed by atoms with van der Waals surface area (Å²) < 4.78 is 0. The molecule has 0 saturated carbocycles. The largest absolute Gasteiger partial charge is 0.378 e. The maximum atomic E-state index is 12.6. The maximum Gasteiger partial charge on any atom is 0.257 e. The SMILES string of the molecule is O=C(Nc1ccc(N2CCCCC2)cc1)c1cncc(NCc2ccccn2)c1. The smallest absolute Gasteiger partial charge is 0.257 e. The molecule has 0 atom stereocenters. The number of nitrogens with zero attached hydrogens (tertiary/aromatic N) is 3. The van der Waals surface area contributed by atoms with E-state index in [1.54, 1.807) is 24.7 Å². The molecule has 1 aliphatic heterocycles. The molecule has 0 bridgehead atoms. The third-order valence-electron chi connectivity index (χ3n) is 5.05. The Morgan fingerprint density at radius 2 is 1.79 bits per heavy atom. The van der Waals surface area contributed by atoms with Gasteiger partial charge in [-0.25, -0.2) is 0 Å². The summed E-state index contributed by atoms with van der Waals surface area (Å²) in [7, 11) is 0. The molecule has 1 fully saturated rings. The van der Waals surface area contributed by atoms with Crippen LogP contribution in [-0.2, 0) is 6.54 Å². The zero-order chi connectivity index (χ0) is 19.9. The van der Waals surface area contributed by atoms with E-state index in [0.29, 0.717) is 12.1 Å². The lowest BCUT2D eigenvalue weighted by Crippen LogP contribution is -2.29. The van der Waals surface area contributed by atoms with Crippen LogP contribution in [0.4, 0.5) is 17.1 Å². The predicted molar refractivity (Wildman–Crippen MR) is 116 cm³/mol.